The van der Waals surface area contributed by atoms with Crippen molar-refractivity contribution >= 4 is 59.7 Å². The minimum absolute atomic E-state index is 0.0207. The summed E-state index contributed by atoms with van der Waals surface area (Å²) in [5.74, 6) is -1.11. The van der Waals surface area contributed by atoms with Gasteiger partial charge in [0.05, 0.1) is 0 Å². The molecule has 3 aromatic rings. The van der Waals surface area contributed by atoms with Gasteiger partial charge in [-0.2, -0.15) is 0 Å². The van der Waals surface area contributed by atoms with Crippen molar-refractivity contribution in [3.8, 4) is 0 Å². The van der Waals surface area contributed by atoms with Crippen LogP contribution < -0.4 is 0 Å². The van der Waals surface area contributed by atoms with Crippen molar-refractivity contribution < 1.29 is 19.2 Å². The fourth-order valence-electron chi connectivity index (χ4n) is 6.55. The zero-order valence-electron chi connectivity index (χ0n) is 18.1. The maximum atomic E-state index is 13.8. The van der Waals surface area contributed by atoms with Gasteiger partial charge >= 0.3 is 196 Å². The van der Waals surface area contributed by atoms with Gasteiger partial charge in [0.25, 0.3) is 0 Å². The minimum atomic E-state index is -0.289. The Bertz CT molecular complexity index is 1320. The summed E-state index contributed by atoms with van der Waals surface area (Å²) in [6.07, 6.45) is 7.41. The molecule has 166 valence electrons. The third-order valence-electron chi connectivity index (χ3n) is 8.05. The average molecular weight is 505 g/mol. The van der Waals surface area contributed by atoms with Gasteiger partial charge in [-0.15, -0.1) is 0 Å². The first-order chi connectivity index (χ1) is 16.1. The second-order valence-electron chi connectivity index (χ2n) is 9.70. The van der Waals surface area contributed by atoms with Crippen LogP contribution in [0.5, 0.6) is 0 Å². The predicted molar refractivity (Wildman–Crippen MR) is 124 cm³/mol. The summed E-state index contributed by atoms with van der Waals surface area (Å²) in [7, 11) is 0. The Balaban J connectivity index is 1.55. The molecule has 0 bridgehead atoms. The number of hydrogen-bond donors (Lipinski definition) is 0. The van der Waals surface area contributed by atoms with Crippen LogP contribution in [0, 0.1) is 0 Å². The van der Waals surface area contributed by atoms with E-state index in [1.807, 2.05) is 9.88 Å². The Morgan fingerprint density at radius 1 is 0.606 bits per heavy atom. The Morgan fingerprint density at radius 3 is 1.39 bits per heavy atom. The zero-order chi connectivity index (χ0) is 22.4. The third-order valence-corrected chi connectivity index (χ3v) is 9.61. The molecule has 4 aliphatic rings. The summed E-state index contributed by atoms with van der Waals surface area (Å²) in [6, 6.07) is 3.26. The summed E-state index contributed by atoms with van der Waals surface area (Å²) < 4.78 is 0. The van der Waals surface area contributed by atoms with Crippen LogP contribution in [-0.2, 0) is 0 Å². The Labute approximate surface area is 196 Å². The average Bonchev–Trinajstić information content (AvgIpc) is 3.58. The van der Waals surface area contributed by atoms with E-state index in [1.165, 1.54) is 9.80 Å². The molecule has 0 saturated heterocycles. The Morgan fingerprint density at radius 2 is 1.00 bits per heavy atom. The van der Waals surface area contributed by atoms with E-state index in [4.69, 9.17) is 0 Å². The van der Waals surface area contributed by atoms with Gasteiger partial charge < -0.3 is 0 Å². The summed E-state index contributed by atoms with van der Waals surface area (Å²) in [5.41, 5.74) is 1.92. The van der Waals surface area contributed by atoms with Crippen molar-refractivity contribution in [2.24, 2.45) is 0 Å². The molecular formula is C26H22N2O4Se. The van der Waals surface area contributed by atoms with Crippen LogP contribution in [0.15, 0.2) is 22.0 Å². The molecule has 0 unspecified atom stereocenters. The SMILES string of the molecule is O=C1c2ccc3c4c(c5c[se]cc5c(c24)C(=O)N1C1CCCC1)C(=O)N(C1CCCC1)C3=O. The van der Waals surface area contributed by atoms with Crippen molar-refractivity contribution in [2.75, 3.05) is 0 Å². The molecule has 2 fully saturated rings. The van der Waals surface area contributed by atoms with Crippen LogP contribution in [0.25, 0.3) is 21.5 Å². The van der Waals surface area contributed by atoms with E-state index < -0.39 is 0 Å². The number of fused-ring (bicyclic) bond motifs is 3. The van der Waals surface area contributed by atoms with E-state index in [9.17, 15) is 19.2 Å². The summed E-state index contributed by atoms with van der Waals surface area (Å²) >= 11 is 0.0207. The number of rotatable bonds is 2. The van der Waals surface area contributed by atoms with E-state index in [-0.39, 0.29) is 50.2 Å². The van der Waals surface area contributed by atoms with Gasteiger partial charge in [-0.25, -0.2) is 0 Å². The van der Waals surface area contributed by atoms with Crippen LogP contribution in [0.2, 0.25) is 0 Å². The van der Waals surface area contributed by atoms with E-state index in [0.29, 0.717) is 33.0 Å². The molecule has 2 aliphatic heterocycles. The molecule has 1 aromatic heterocycles. The zero-order valence-corrected chi connectivity index (χ0v) is 19.8. The molecule has 6 nitrogen and oxygen atoms in total. The fourth-order valence-corrected chi connectivity index (χ4v) is 8.29. The van der Waals surface area contributed by atoms with Gasteiger partial charge in [-0.1, -0.05) is 0 Å². The number of amides is 4. The molecule has 33 heavy (non-hydrogen) atoms. The van der Waals surface area contributed by atoms with Gasteiger partial charge in [0.2, 0.25) is 0 Å². The van der Waals surface area contributed by atoms with Crippen LogP contribution in [0.1, 0.15) is 92.8 Å². The van der Waals surface area contributed by atoms with E-state index in [1.54, 1.807) is 12.1 Å². The maximum absolute atomic E-state index is 13.8. The summed E-state index contributed by atoms with van der Waals surface area (Å²) in [5, 5.41) is 2.59. The normalized spacial score (nSPS) is 21.5. The number of nitrogens with zero attached hydrogens (tertiary/aromatic N) is 2. The second-order valence-corrected chi connectivity index (χ2v) is 11.3. The first-order valence-electron chi connectivity index (χ1n) is 11.8. The van der Waals surface area contributed by atoms with Crippen molar-refractivity contribution in [3.63, 3.8) is 0 Å². The van der Waals surface area contributed by atoms with Crippen molar-refractivity contribution in [3.05, 3.63) is 44.3 Å². The molecular weight excluding hydrogens is 483 g/mol. The number of benzene rings is 2. The summed E-state index contributed by atoms with van der Waals surface area (Å²) in [4.78, 5) is 61.8. The molecule has 2 aromatic carbocycles. The van der Waals surface area contributed by atoms with Gasteiger partial charge in [-0.05, 0) is 0 Å². The van der Waals surface area contributed by atoms with E-state index in [0.717, 1.165) is 62.1 Å². The number of carbonyl (C=O) groups is 4. The monoisotopic (exact) mass is 506 g/mol. The van der Waals surface area contributed by atoms with Gasteiger partial charge in [0, 0.05) is 0 Å². The van der Waals surface area contributed by atoms with Gasteiger partial charge in [-0.3, -0.25) is 0 Å². The Kier molecular flexibility index (Phi) is 4.10. The number of hydrogen-bond acceptors (Lipinski definition) is 4. The first-order valence-corrected chi connectivity index (χ1v) is 13.8. The van der Waals surface area contributed by atoms with E-state index >= 15 is 0 Å². The molecule has 0 atom stereocenters. The van der Waals surface area contributed by atoms with Crippen LogP contribution in [-0.4, -0.2) is 60.0 Å². The fraction of sp³-hybridized carbons (Fsp3) is 0.385. The molecule has 7 rings (SSSR count). The van der Waals surface area contributed by atoms with Crippen LogP contribution in [0.3, 0.4) is 0 Å². The third kappa shape index (κ3) is 2.44. The number of carbonyl (C=O) groups excluding carboxylic acids is 4. The molecule has 0 spiro atoms. The summed E-state index contributed by atoms with van der Waals surface area (Å²) in [6.45, 7) is 0. The quantitative estimate of drug-likeness (QED) is 0.388. The molecule has 3 heterocycles. The molecule has 2 aliphatic carbocycles. The van der Waals surface area contributed by atoms with Crippen LogP contribution >= 0.6 is 0 Å². The Hall–Kier alpha value is -2.76. The molecule has 0 radical (unpaired) electrons. The first kappa shape index (κ1) is 19.7. The van der Waals surface area contributed by atoms with Gasteiger partial charge in [0.15, 0.2) is 0 Å². The van der Waals surface area contributed by atoms with Gasteiger partial charge in [0.1, 0.15) is 0 Å². The molecule has 0 N–H and O–H groups in total. The molecule has 4 amide bonds. The van der Waals surface area contributed by atoms with Crippen molar-refractivity contribution in [2.45, 2.75) is 63.5 Å². The predicted octanol–water partition coefficient (Wildman–Crippen LogP) is 4.13. The molecule has 2 saturated carbocycles. The standard InChI is InChI=1S/C26H22N2O4Se/c29-23-15-9-10-16-20-19(15)21(25(31)27(23)13-5-1-2-6-13)17-11-33-12-18(17)22(20)26(32)28(24(16)30)14-7-3-4-8-14/h9-14H,1-8H2. The van der Waals surface area contributed by atoms with E-state index in [2.05, 4.69) is 0 Å². The second kappa shape index (κ2) is 6.87. The topological polar surface area (TPSA) is 74.8 Å². The number of imide groups is 2. The van der Waals surface area contributed by atoms with Crippen LogP contribution in [0.4, 0.5) is 0 Å². The van der Waals surface area contributed by atoms with Crippen molar-refractivity contribution in [1.29, 1.82) is 0 Å². The molecule has 7 heteroatoms. The van der Waals surface area contributed by atoms with Crippen molar-refractivity contribution in [1.82, 2.24) is 9.80 Å².